The maximum atomic E-state index is 12.7. The molecular weight excluding hydrogens is 358 g/mol. The summed E-state index contributed by atoms with van der Waals surface area (Å²) in [5, 5.41) is 7.38. The Hall–Kier alpha value is -2.47. The molecule has 1 N–H and O–H groups in total. The second kappa shape index (κ2) is 7.64. The molecule has 4 rings (SSSR count). The summed E-state index contributed by atoms with van der Waals surface area (Å²) in [5.41, 5.74) is 2.71. The molecule has 0 aliphatic carbocycles. The highest BCUT2D eigenvalue weighted by Gasteiger charge is 2.43. The summed E-state index contributed by atoms with van der Waals surface area (Å²) in [4.78, 5) is 21.5. The lowest BCUT2D eigenvalue weighted by Crippen LogP contribution is -2.48. The van der Waals surface area contributed by atoms with Crippen LogP contribution >= 0.6 is 11.8 Å². The fourth-order valence-corrected chi connectivity index (χ4v) is 4.19. The van der Waals surface area contributed by atoms with Gasteiger partial charge in [0.1, 0.15) is 5.60 Å². The van der Waals surface area contributed by atoms with E-state index < -0.39 is 0 Å². The van der Waals surface area contributed by atoms with Gasteiger partial charge in [0, 0.05) is 37.2 Å². The molecule has 2 aromatic rings. The second-order valence-corrected chi connectivity index (χ2v) is 7.82. The molecule has 0 unspecified atom stereocenters. The van der Waals surface area contributed by atoms with Gasteiger partial charge in [-0.25, -0.2) is 4.79 Å². The Kier molecular flexibility index (Phi) is 5.07. The minimum Gasteiger partial charge on any atom is -0.388 e. The van der Waals surface area contributed by atoms with Crippen LogP contribution in [0.3, 0.4) is 0 Å². The smallest absolute Gasteiger partial charge is 0.321 e. The minimum absolute atomic E-state index is 0.0476. The van der Waals surface area contributed by atoms with Gasteiger partial charge in [0.2, 0.25) is 0 Å². The number of carbonyl (C=O) groups is 1. The summed E-state index contributed by atoms with van der Waals surface area (Å²) in [7, 11) is 0. The summed E-state index contributed by atoms with van der Waals surface area (Å²) >= 11 is 1.63. The number of benzene rings is 2. The van der Waals surface area contributed by atoms with Gasteiger partial charge < -0.3 is 15.1 Å². The predicted octanol–water partition coefficient (Wildman–Crippen LogP) is 4.60. The number of urea groups is 1. The van der Waals surface area contributed by atoms with Gasteiger partial charge in [-0.2, -0.15) is 0 Å². The second-order valence-electron chi connectivity index (χ2n) is 6.97. The number of nitrogens with zero attached hydrogens (tertiary/aromatic N) is 2. The summed E-state index contributed by atoms with van der Waals surface area (Å²) < 4.78 is 0. The minimum atomic E-state index is -0.265. The molecule has 0 aromatic heterocycles. The number of hydrogen-bond acceptors (Lipinski definition) is 4. The Bertz CT molecular complexity index is 846. The lowest BCUT2D eigenvalue weighted by molar-refractivity contribution is -0.0544. The van der Waals surface area contributed by atoms with E-state index in [4.69, 9.17) is 4.84 Å². The Labute approximate surface area is 163 Å². The largest absolute Gasteiger partial charge is 0.388 e. The van der Waals surface area contributed by atoms with Gasteiger partial charge in [-0.1, -0.05) is 47.6 Å². The van der Waals surface area contributed by atoms with Crippen LogP contribution in [-0.4, -0.2) is 41.6 Å². The molecule has 6 heteroatoms. The number of nitrogens with one attached hydrogen (secondary N) is 1. The quantitative estimate of drug-likeness (QED) is 0.791. The highest BCUT2D eigenvalue weighted by atomic mass is 32.2. The van der Waals surface area contributed by atoms with Gasteiger partial charge in [-0.3, -0.25) is 0 Å². The number of thioether (sulfide) groups is 1. The SMILES string of the molecule is CSc1ccccc1NC(=O)N1CCC2(CC1)CC(c1ccccc1)=NO2. The van der Waals surface area contributed by atoms with Crippen LogP contribution in [0.1, 0.15) is 24.8 Å². The Balaban J connectivity index is 1.35. The van der Waals surface area contributed by atoms with Gasteiger partial charge in [-0.15, -0.1) is 11.8 Å². The Morgan fingerprint density at radius 1 is 1.11 bits per heavy atom. The van der Waals surface area contributed by atoms with Crippen molar-refractivity contribution in [1.29, 1.82) is 0 Å². The van der Waals surface area contributed by atoms with E-state index in [9.17, 15) is 4.79 Å². The van der Waals surface area contributed by atoms with Crippen LogP contribution < -0.4 is 5.32 Å². The average Bonchev–Trinajstić information content (AvgIpc) is 3.13. The van der Waals surface area contributed by atoms with Crippen molar-refractivity contribution in [2.45, 2.75) is 29.8 Å². The number of anilines is 1. The molecule has 2 aliphatic rings. The lowest BCUT2D eigenvalue weighted by Gasteiger charge is -2.37. The van der Waals surface area contributed by atoms with Gasteiger partial charge in [-0.05, 0) is 24.0 Å². The third-order valence-corrected chi connectivity index (χ3v) is 6.05. The fourth-order valence-electron chi connectivity index (χ4n) is 3.63. The van der Waals surface area contributed by atoms with Crippen LogP contribution in [0.2, 0.25) is 0 Å². The summed E-state index contributed by atoms with van der Waals surface area (Å²) in [6, 6.07) is 18.0. The number of para-hydroxylation sites is 1. The summed E-state index contributed by atoms with van der Waals surface area (Å²) in [6.45, 7) is 1.34. The molecule has 2 amide bonds. The highest BCUT2D eigenvalue weighted by Crippen LogP contribution is 2.36. The zero-order chi connectivity index (χ0) is 18.7. The van der Waals surface area contributed by atoms with E-state index in [1.54, 1.807) is 11.8 Å². The van der Waals surface area contributed by atoms with Crippen molar-refractivity contribution in [3.63, 3.8) is 0 Å². The zero-order valence-corrected chi connectivity index (χ0v) is 16.2. The molecular formula is C21H23N3O2S. The predicted molar refractivity (Wildman–Crippen MR) is 109 cm³/mol. The van der Waals surface area contributed by atoms with E-state index in [-0.39, 0.29) is 11.6 Å². The van der Waals surface area contributed by atoms with Gasteiger partial charge in [0.05, 0.1) is 11.4 Å². The number of rotatable bonds is 3. The van der Waals surface area contributed by atoms with E-state index in [0.717, 1.165) is 41.1 Å². The normalized spacial score (nSPS) is 18.1. The van der Waals surface area contributed by atoms with E-state index in [1.807, 2.05) is 53.6 Å². The average molecular weight is 382 g/mol. The molecule has 2 heterocycles. The monoisotopic (exact) mass is 381 g/mol. The Morgan fingerprint density at radius 2 is 1.81 bits per heavy atom. The van der Waals surface area contributed by atoms with E-state index in [2.05, 4.69) is 22.6 Å². The number of hydrogen-bond donors (Lipinski definition) is 1. The first-order valence-electron chi connectivity index (χ1n) is 9.19. The van der Waals surface area contributed by atoms with E-state index in [1.165, 1.54) is 0 Å². The third-order valence-electron chi connectivity index (χ3n) is 5.26. The molecule has 0 saturated carbocycles. The maximum Gasteiger partial charge on any atom is 0.321 e. The van der Waals surface area contributed by atoms with Gasteiger partial charge in [0.15, 0.2) is 0 Å². The molecule has 1 fully saturated rings. The van der Waals surface area contributed by atoms with Crippen molar-refractivity contribution in [3.8, 4) is 0 Å². The highest BCUT2D eigenvalue weighted by molar-refractivity contribution is 7.98. The van der Waals surface area contributed by atoms with Crippen LogP contribution in [0.5, 0.6) is 0 Å². The first kappa shape index (κ1) is 17.9. The molecule has 140 valence electrons. The summed E-state index contributed by atoms with van der Waals surface area (Å²) in [5.74, 6) is 0. The molecule has 2 aromatic carbocycles. The van der Waals surface area contributed by atoms with Crippen molar-refractivity contribution < 1.29 is 9.63 Å². The molecule has 1 saturated heterocycles. The maximum absolute atomic E-state index is 12.7. The topological polar surface area (TPSA) is 53.9 Å². The van der Waals surface area contributed by atoms with Gasteiger partial charge >= 0.3 is 6.03 Å². The summed E-state index contributed by atoms with van der Waals surface area (Å²) in [6.07, 6.45) is 4.41. The number of piperidine rings is 1. The molecule has 1 spiro atoms. The van der Waals surface area contributed by atoms with Crippen molar-refractivity contribution in [2.24, 2.45) is 5.16 Å². The van der Waals surface area contributed by atoms with Crippen LogP contribution in [0.15, 0.2) is 64.6 Å². The van der Waals surface area contributed by atoms with E-state index in [0.29, 0.717) is 13.1 Å². The molecule has 27 heavy (non-hydrogen) atoms. The van der Waals surface area contributed by atoms with Crippen LogP contribution in [-0.2, 0) is 4.84 Å². The molecule has 2 aliphatic heterocycles. The first-order chi connectivity index (χ1) is 13.2. The van der Waals surface area contributed by atoms with Crippen molar-refractivity contribution in [2.75, 3.05) is 24.7 Å². The number of likely N-dealkylation sites (tertiary alicyclic amines) is 1. The zero-order valence-electron chi connectivity index (χ0n) is 15.4. The Morgan fingerprint density at radius 3 is 2.56 bits per heavy atom. The van der Waals surface area contributed by atoms with Crippen molar-refractivity contribution in [1.82, 2.24) is 4.90 Å². The standard InChI is InChI=1S/C21H23N3O2S/c1-27-19-10-6-5-9-17(19)22-20(25)24-13-11-21(12-14-24)15-18(23-26-21)16-7-3-2-4-8-16/h2-10H,11-15H2,1H3,(H,22,25). The van der Waals surface area contributed by atoms with Crippen LogP contribution in [0.25, 0.3) is 0 Å². The van der Waals surface area contributed by atoms with Crippen molar-refractivity contribution in [3.05, 3.63) is 60.2 Å². The molecule has 5 nitrogen and oxygen atoms in total. The molecule has 0 bridgehead atoms. The van der Waals surface area contributed by atoms with Crippen LogP contribution in [0.4, 0.5) is 10.5 Å². The van der Waals surface area contributed by atoms with E-state index >= 15 is 0 Å². The molecule has 0 radical (unpaired) electrons. The first-order valence-corrected chi connectivity index (χ1v) is 10.4. The lowest BCUT2D eigenvalue weighted by atomic mass is 9.85. The fraction of sp³-hybridized carbons (Fsp3) is 0.333. The number of oxime groups is 1. The number of carbonyl (C=O) groups excluding carboxylic acids is 1. The van der Waals surface area contributed by atoms with Crippen LogP contribution in [0, 0.1) is 0 Å². The number of amides is 2. The van der Waals surface area contributed by atoms with Crippen molar-refractivity contribution >= 4 is 29.2 Å². The van der Waals surface area contributed by atoms with Gasteiger partial charge in [0.25, 0.3) is 0 Å². The third kappa shape index (κ3) is 3.81. The molecule has 0 atom stereocenters.